The van der Waals surface area contributed by atoms with Crippen molar-refractivity contribution >= 4 is 0 Å². The second-order valence-corrected chi connectivity index (χ2v) is 9.37. The molecule has 158 valence electrons. The van der Waals surface area contributed by atoms with Crippen LogP contribution in [0.3, 0.4) is 0 Å². The van der Waals surface area contributed by atoms with E-state index in [0.29, 0.717) is 6.61 Å². The molecule has 0 aromatic heterocycles. The Morgan fingerprint density at radius 1 is 1.07 bits per heavy atom. The number of likely N-dealkylation sites (N-methyl/N-ethyl adjacent to an activating group) is 1. The first-order valence-corrected chi connectivity index (χ1v) is 10.5. The van der Waals surface area contributed by atoms with Gasteiger partial charge in [-0.1, -0.05) is 44.5 Å². The minimum atomic E-state index is 0.124. The molecule has 0 spiro atoms. The van der Waals surface area contributed by atoms with Crippen molar-refractivity contribution in [1.29, 1.82) is 0 Å². The average Bonchev–Trinajstić information content (AvgIpc) is 2.65. The number of ether oxygens (including phenoxy) is 2. The van der Waals surface area contributed by atoms with E-state index in [4.69, 9.17) is 9.47 Å². The zero-order valence-corrected chi connectivity index (χ0v) is 19.1. The van der Waals surface area contributed by atoms with E-state index >= 15 is 0 Å². The molecule has 1 aliphatic rings. The van der Waals surface area contributed by atoms with Crippen LogP contribution < -0.4 is 14.8 Å². The fourth-order valence-electron chi connectivity index (χ4n) is 3.88. The molecule has 0 radical (unpaired) electrons. The molecule has 2 aromatic rings. The topological polar surface area (TPSA) is 33.7 Å². The molecule has 29 heavy (non-hydrogen) atoms. The molecule has 1 heterocycles. The van der Waals surface area contributed by atoms with E-state index in [1.807, 2.05) is 0 Å². The normalized spacial score (nSPS) is 16.6. The zero-order valence-electron chi connectivity index (χ0n) is 19.1. The van der Waals surface area contributed by atoms with Gasteiger partial charge in [-0.3, -0.25) is 0 Å². The summed E-state index contributed by atoms with van der Waals surface area (Å²) in [6.45, 7) is 11.5. The van der Waals surface area contributed by atoms with Crippen molar-refractivity contribution in [1.82, 2.24) is 10.2 Å². The van der Waals surface area contributed by atoms with Gasteiger partial charge >= 0.3 is 0 Å². The Hall–Kier alpha value is -2.04. The number of rotatable bonds is 6. The molecule has 0 aliphatic carbocycles. The molecule has 0 amide bonds. The SMILES string of the molecule is COc1cc2c(cc1OCCN(C)C)C(c1cc(C)cc(C(C)(C)C)c1)NCC2. The van der Waals surface area contributed by atoms with Gasteiger partial charge in [0.25, 0.3) is 0 Å². The summed E-state index contributed by atoms with van der Waals surface area (Å²) in [6, 6.07) is 11.5. The summed E-state index contributed by atoms with van der Waals surface area (Å²) >= 11 is 0. The predicted molar refractivity (Wildman–Crippen MR) is 120 cm³/mol. The summed E-state index contributed by atoms with van der Waals surface area (Å²) < 4.78 is 11.7. The van der Waals surface area contributed by atoms with E-state index in [-0.39, 0.29) is 11.5 Å². The van der Waals surface area contributed by atoms with Crippen molar-refractivity contribution in [2.45, 2.75) is 45.6 Å². The number of fused-ring (bicyclic) bond motifs is 1. The molecule has 3 rings (SSSR count). The van der Waals surface area contributed by atoms with Gasteiger partial charge in [0.2, 0.25) is 0 Å². The Balaban J connectivity index is 2.00. The maximum absolute atomic E-state index is 6.10. The van der Waals surface area contributed by atoms with Crippen molar-refractivity contribution in [2.75, 3.05) is 40.9 Å². The van der Waals surface area contributed by atoms with Crippen LogP contribution in [0, 0.1) is 6.92 Å². The Bertz CT molecular complexity index is 853. The van der Waals surface area contributed by atoms with E-state index < -0.39 is 0 Å². The number of hydrogen-bond donors (Lipinski definition) is 1. The van der Waals surface area contributed by atoms with Crippen molar-refractivity contribution in [3.8, 4) is 11.5 Å². The molecule has 4 heteroatoms. The van der Waals surface area contributed by atoms with E-state index in [9.17, 15) is 0 Å². The first-order chi connectivity index (χ1) is 13.7. The van der Waals surface area contributed by atoms with Crippen LogP contribution in [-0.4, -0.2) is 45.8 Å². The minimum absolute atomic E-state index is 0.124. The fourth-order valence-corrected chi connectivity index (χ4v) is 3.88. The van der Waals surface area contributed by atoms with Crippen LogP contribution in [0.2, 0.25) is 0 Å². The average molecular weight is 397 g/mol. The number of aryl methyl sites for hydroxylation is 1. The molecule has 1 N–H and O–H groups in total. The number of benzene rings is 2. The lowest BCUT2D eigenvalue weighted by atomic mass is 9.82. The van der Waals surface area contributed by atoms with E-state index in [0.717, 1.165) is 31.0 Å². The van der Waals surface area contributed by atoms with Gasteiger partial charge < -0.3 is 19.7 Å². The van der Waals surface area contributed by atoms with Crippen LogP contribution in [0.1, 0.15) is 54.6 Å². The third-order valence-electron chi connectivity index (χ3n) is 5.57. The Labute approximate surface area is 176 Å². The third kappa shape index (κ3) is 5.12. The maximum atomic E-state index is 6.10. The van der Waals surface area contributed by atoms with Crippen LogP contribution in [0.15, 0.2) is 30.3 Å². The molecule has 4 nitrogen and oxygen atoms in total. The Morgan fingerprint density at radius 2 is 1.83 bits per heavy atom. The lowest BCUT2D eigenvalue weighted by Crippen LogP contribution is -2.31. The third-order valence-corrected chi connectivity index (χ3v) is 5.57. The number of nitrogens with one attached hydrogen (secondary N) is 1. The summed E-state index contributed by atoms with van der Waals surface area (Å²) in [5.41, 5.74) is 6.75. The first kappa shape index (κ1) is 21.7. The lowest BCUT2D eigenvalue weighted by molar-refractivity contribution is 0.250. The lowest BCUT2D eigenvalue weighted by Gasteiger charge is -2.30. The van der Waals surface area contributed by atoms with Crippen LogP contribution in [0.25, 0.3) is 0 Å². The van der Waals surface area contributed by atoms with Crippen molar-refractivity contribution in [3.05, 3.63) is 58.1 Å². The fraction of sp³-hybridized carbons (Fsp3) is 0.520. The van der Waals surface area contributed by atoms with Crippen molar-refractivity contribution in [2.24, 2.45) is 0 Å². The highest BCUT2D eigenvalue weighted by Gasteiger charge is 2.25. The second-order valence-electron chi connectivity index (χ2n) is 9.37. The van der Waals surface area contributed by atoms with Crippen LogP contribution in [0.4, 0.5) is 0 Å². The summed E-state index contributed by atoms with van der Waals surface area (Å²) in [5, 5.41) is 3.73. The summed E-state index contributed by atoms with van der Waals surface area (Å²) in [4.78, 5) is 2.12. The maximum Gasteiger partial charge on any atom is 0.161 e. The molecule has 0 bridgehead atoms. The summed E-state index contributed by atoms with van der Waals surface area (Å²) in [5.74, 6) is 1.65. The highest BCUT2D eigenvalue weighted by Crippen LogP contribution is 2.38. The van der Waals surface area contributed by atoms with Gasteiger partial charge in [-0.2, -0.15) is 0 Å². The summed E-state index contributed by atoms with van der Waals surface area (Å²) in [7, 11) is 5.82. The molecule has 1 atom stereocenters. The highest BCUT2D eigenvalue weighted by molar-refractivity contribution is 5.52. The minimum Gasteiger partial charge on any atom is -0.493 e. The van der Waals surface area contributed by atoms with Gasteiger partial charge in [0.1, 0.15) is 6.61 Å². The van der Waals surface area contributed by atoms with E-state index in [1.54, 1.807) is 7.11 Å². The van der Waals surface area contributed by atoms with E-state index in [2.05, 4.69) is 82.3 Å². The zero-order chi connectivity index (χ0) is 21.2. The molecule has 1 unspecified atom stereocenters. The van der Waals surface area contributed by atoms with Gasteiger partial charge in [-0.25, -0.2) is 0 Å². The van der Waals surface area contributed by atoms with Crippen molar-refractivity contribution < 1.29 is 9.47 Å². The van der Waals surface area contributed by atoms with Gasteiger partial charge in [0.15, 0.2) is 11.5 Å². The predicted octanol–water partition coefficient (Wildman–Crippen LogP) is 4.48. The number of methoxy groups -OCH3 is 1. The highest BCUT2D eigenvalue weighted by atomic mass is 16.5. The largest absolute Gasteiger partial charge is 0.493 e. The monoisotopic (exact) mass is 396 g/mol. The van der Waals surface area contributed by atoms with Crippen molar-refractivity contribution in [3.63, 3.8) is 0 Å². The molecular formula is C25H36N2O2. The Morgan fingerprint density at radius 3 is 2.48 bits per heavy atom. The smallest absolute Gasteiger partial charge is 0.161 e. The standard InChI is InChI=1S/C25H36N2O2/c1-17-12-19(14-20(13-17)25(2,3)4)24-21-16-23(29-11-10-27(5)6)22(28-7)15-18(21)8-9-26-24/h12-16,24,26H,8-11H2,1-7H3. The van der Waals surface area contributed by atoms with E-state index in [1.165, 1.54) is 27.8 Å². The van der Waals surface area contributed by atoms with Gasteiger partial charge in [-0.05, 0) is 67.2 Å². The van der Waals surface area contributed by atoms with Gasteiger partial charge in [-0.15, -0.1) is 0 Å². The molecule has 0 fully saturated rings. The quantitative estimate of drug-likeness (QED) is 0.781. The van der Waals surface area contributed by atoms with Crippen LogP contribution in [0.5, 0.6) is 11.5 Å². The van der Waals surface area contributed by atoms with Crippen LogP contribution >= 0.6 is 0 Å². The van der Waals surface area contributed by atoms with Crippen LogP contribution in [-0.2, 0) is 11.8 Å². The van der Waals surface area contributed by atoms with Gasteiger partial charge in [0.05, 0.1) is 13.2 Å². The molecule has 0 saturated carbocycles. The van der Waals surface area contributed by atoms with Gasteiger partial charge in [0, 0.05) is 13.1 Å². The second kappa shape index (κ2) is 8.76. The Kier molecular flexibility index (Phi) is 6.55. The molecule has 0 saturated heterocycles. The number of hydrogen-bond acceptors (Lipinski definition) is 4. The molecular weight excluding hydrogens is 360 g/mol. The molecule has 1 aliphatic heterocycles. The first-order valence-electron chi connectivity index (χ1n) is 10.5. The summed E-state index contributed by atoms with van der Waals surface area (Å²) in [6.07, 6.45) is 0.998. The number of nitrogens with zero attached hydrogens (tertiary/aromatic N) is 1. The molecule has 2 aromatic carbocycles.